The van der Waals surface area contributed by atoms with Crippen LogP contribution in [0.5, 0.6) is 0 Å². The van der Waals surface area contributed by atoms with Gasteiger partial charge in [0.2, 0.25) is 11.8 Å². The molecular weight excluding hydrogens is 741 g/mol. The minimum Gasteiger partial charge on any atom is -0.325 e. The molecule has 2 aliphatic carbocycles. The van der Waals surface area contributed by atoms with Crippen LogP contribution in [0, 0.1) is 43.4 Å². The van der Waals surface area contributed by atoms with Gasteiger partial charge in [0.25, 0.3) is 11.8 Å². The summed E-state index contributed by atoms with van der Waals surface area (Å²) in [7, 11) is 0. The van der Waals surface area contributed by atoms with Crippen LogP contribution in [0.15, 0.2) is 101 Å². The summed E-state index contributed by atoms with van der Waals surface area (Å²) in [6.07, 6.45) is 6.96. The zero-order valence-electron chi connectivity index (χ0n) is 33.5. The Balaban J connectivity index is 0.000000179. The van der Waals surface area contributed by atoms with Crippen molar-refractivity contribution in [1.82, 2.24) is 9.80 Å². The molecule has 0 bridgehead atoms. The maximum absolute atomic E-state index is 13.3. The highest BCUT2D eigenvalue weighted by Gasteiger charge is 2.50. The van der Waals surface area contributed by atoms with Crippen LogP contribution in [0.3, 0.4) is 0 Å². The number of nitrogens with zero attached hydrogens (tertiary/aromatic N) is 6. The molecule has 8 rings (SSSR count). The van der Waals surface area contributed by atoms with Crippen LogP contribution in [-0.2, 0) is 19.2 Å². The lowest BCUT2D eigenvalue weighted by atomic mass is 10.1. The van der Waals surface area contributed by atoms with Crippen LogP contribution in [-0.4, -0.2) is 69.3 Å². The van der Waals surface area contributed by atoms with Gasteiger partial charge in [-0.05, 0) is 126 Å². The van der Waals surface area contributed by atoms with Crippen molar-refractivity contribution in [1.29, 1.82) is 10.5 Å². The number of aryl methyl sites for hydroxylation is 3. The predicted octanol–water partition coefficient (Wildman–Crippen LogP) is 7.12. The molecule has 0 unspecified atom stereocenters. The number of amides is 4. The topological polar surface area (TPSA) is 171 Å². The maximum Gasteiger partial charge on any atom is 0.275 e. The van der Waals surface area contributed by atoms with Gasteiger partial charge in [-0.3, -0.25) is 29.2 Å². The molecule has 4 amide bonds. The SMILES string of the molecule is Cc1ccc(NC(=O)CN2C(=O)C(c3ccc(C#N)cc3)=NC23CCCC3)c(C)c1.Cc1cccc(NC(=O)CN2C(=O)C(c3ccc(C#N)cc3)=NC23CCCC3)c1. The van der Waals surface area contributed by atoms with Gasteiger partial charge in [-0.1, -0.05) is 54.1 Å². The summed E-state index contributed by atoms with van der Waals surface area (Å²) in [5.41, 5.74) is 6.55. The summed E-state index contributed by atoms with van der Waals surface area (Å²) in [6, 6.07) is 31.3. The summed E-state index contributed by atoms with van der Waals surface area (Å²) in [4.78, 5) is 64.9. The van der Waals surface area contributed by atoms with Crippen LogP contribution in [0.1, 0.15) is 90.3 Å². The van der Waals surface area contributed by atoms with Gasteiger partial charge in [-0.15, -0.1) is 0 Å². The molecule has 4 aromatic rings. The van der Waals surface area contributed by atoms with Gasteiger partial charge < -0.3 is 20.4 Å². The smallest absolute Gasteiger partial charge is 0.275 e. The van der Waals surface area contributed by atoms with Crippen molar-refractivity contribution in [2.75, 3.05) is 23.7 Å². The molecule has 2 saturated carbocycles. The lowest BCUT2D eigenvalue weighted by Crippen LogP contribution is -2.48. The Morgan fingerprint density at radius 1 is 0.627 bits per heavy atom. The number of nitrogens with one attached hydrogen (secondary N) is 2. The quantitative estimate of drug-likeness (QED) is 0.193. The number of benzene rings is 4. The highest BCUT2D eigenvalue weighted by molar-refractivity contribution is 6.47. The third kappa shape index (κ3) is 8.53. The maximum atomic E-state index is 13.3. The third-order valence-corrected chi connectivity index (χ3v) is 11.5. The van der Waals surface area contributed by atoms with E-state index in [1.54, 1.807) is 58.3 Å². The van der Waals surface area contributed by atoms with Crippen LogP contribution in [0.4, 0.5) is 11.4 Å². The van der Waals surface area contributed by atoms with Crippen molar-refractivity contribution in [2.24, 2.45) is 9.98 Å². The van der Waals surface area contributed by atoms with E-state index in [9.17, 15) is 19.2 Å². The number of anilines is 2. The Bertz CT molecular complexity index is 2440. The monoisotopic (exact) mass is 786 g/mol. The van der Waals surface area contributed by atoms with Crippen molar-refractivity contribution in [2.45, 2.75) is 83.5 Å². The second-order valence-electron chi connectivity index (χ2n) is 15.7. The number of nitriles is 2. The Kier molecular flexibility index (Phi) is 11.5. The molecule has 0 aromatic heterocycles. The molecule has 0 radical (unpaired) electrons. The standard InChI is InChI=1S/C24H24N4O2.C23H22N4O2/c1-16-5-10-20(17(2)13-16)26-21(29)15-28-23(30)22(27-24(28)11-3-4-12-24)19-8-6-18(14-25)7-9-19;1-16-5-4-6-19(13-16)25-20(28)15-27-22(29)21(26-23(27)11-2-3-12-23)18-9-7-17(14-24)8-10-18/h5-10,13H,3-4,11-12,15H2,1-2H3,(H,26,29);4-10,13H,2-3,11-12,15H2,1H3,(H,25,28). The second kappa shape index (κ2) is 16.9. The zero-order valence-corrected chi connectivity index (χ0v) is 33.5. The predicted molar refractivity (Wildman–Crippen MR) is 226 cm³/mol. The molecule has 2 spiro atoms. The largest absolute Gasteiger partial charge is 0.325 e. The fourth-order valence-corrected chi connectivity index (χ4v) is 8.49. The summed E-state index contributed by atoms with van der Waals surface area (Å²) in [5.74, 6) is -0.905. The van der Waals surface area contributed by atoms with Crippen LogP contribution < -0.4 is 10.6 Å². The molecule has 2 fully saturated rings. The van der Waals surface area contributed by atoms with Gasteiger partial charge in [-0.25, -0.2) is 0 Å². The van der Waals surface area contributed by atoms with E-state index in [0.29, 0.717) is 33.7 Å². The van der Waals surface area contributed by atoms with Gasteiger partial charge in [0, 0.05) is 22.5 Å². The molecule has 298 valence electrons. The Hall–Kier alpha value is -6.92. The first-order valence-corrected chi connectivity index (χ1v) is 20.0. The molecule has 4 aliphatic rings. The average Bonchev–Trinajstić information content (AvgIpc) is 4.02. The Morgan fingerprint density at radius 3 is 1.53 bits per heavy atom. The van der Waals surface area contributed by atoms with Crippen LogP contribution >= 0.6 is 0 Å². The Morgan fingerprint density at radius 2 is 1.08 bits per heavy atom. The second-order valence-corrected chi connectivity index (χ2v) is 15.7. The number of carbonyl (C=O) groups is 4. The van der Waals surface area contributed by atoms with E-state index in [0.717, 1.165) is 79.4 Å². The van der Waals surface area contributed by atoms with Gasteiger partial charge in [0.1, 0.15) is 35.8 Å². The number of hydrogen-bond donors (Lipinski definition) is 2. The van der Waals surface area contributed by atoms with Crippen LogP contribution in [0.25, 0.3) is 0 Å². The molecule has 0 saturated heterocycles. The van der Waals surface area contributed by atoms with Crippen molar-refractivity contribution in [3.63, 3.8) is 0 Å². The van der Waals surface area contributed by atoms with Crippen molar-refractivity contribution in [3.05, 3.63) is 130 Å². The number of rotatable bonds is 8. The van der Waals surface area contributed by atoms with Crippen molar-refractivity contribution < 1.29 is 19.2 Å². The van der Waals surface area contributed by atoms with Gasteiger partial charge in [-0.2, -0.15) is 10.5 Å². The van der Waals surface area contributed by atoms with E-state index in [2.05, 4.69) is 22.8 Å². The highest BCUT2D eigenvalue weighted by Crippen LogP contribution is 2.42. The molecule has 2 N–H and O–H groups in total. The lowest BCUT2D eigenvalue weighted by molar-refractivity contribution is -0.132. The van der Waals surface area contributed by atoms with E-state index in [4.69, 9.17) is 20.5 Å². The summed E-state index contributed by atoms with van der Waals surface area (Å²) in [6.45, 7) is 5.86. The van der Waals surface area contributed by atoms with E-state index in [1.807, 2.05) is 63.2 Å². The fourth-order valence-electron chi connectivity index (χ4n) is 8.49. The Labute approximate surface area is 344 Å². The molecule has 12 heteroatoms. The minimum absolute atomic E-state index is 0.0317. The molecule has 4 aromatic carbocycles. The van der Waals surface area contributed by atoms with Gasteiger partial charge in [0.05, 0.1) is 23.3 Å². The van der Waals surface area contributed by atoms with Crippen molar-refractivity contribution in [3.8, 4) is 12.1 Å². The average molecular weight is 787 g/mol. The molecule has 12 nitrogen and oxygen atoms in total. The summed E-state index contributed by atoms with van der Waals surface area (Å²) < 4.78 is 0. The zero-order chi connectivity index (χ0) is 41.7. The summed E-state index contributed by atoms with van der Waals surface area (Å²) >= 11 is 0. The molecule has 59 heavy (non-hydrogen) atoms. The highest BCUT2D eigenvalue weighted by atomic mass is 16.2. The number of hydrogen-bond acceptors (Lipinski definition) is 8. The minimum atomic E-state index is -0.639. The molecule has 2 aliphatic heterocycles. The fraction of sp³-hybridized carbons (Fsp3) is 0.319. The van der Waals surface area contributed by atoms with E-state index < -0.39 is 11.3 Å². The summed E-state index contributed by atoms with van der Waals surface area (Å²) in [5, 5.41) is 23.8. The first kappa shape index (κ1) is 40.3. The first-order valence-electron chi connectivity index (χ1n) is 20.0. The molecule has 0 atom stereocenters. The van der Waals surface area contributed by atoms with E-state index >= 15 is 0 Å². The first-order chi connectivity index (χ1) is 28.4. The molecular formula is C47H46N8O4. The van der Waals surface area contributed by atoms with E-state index in [1.165, 1.54) is 0 Å². The van der Waals surface area contributed by atoms with Crippen molar-refractivity contribution >= 4 is 46.4 Å². The normalized spacial score (nSPS) is 17.2. The number of aliphatic imine (C=N–C) groups is 2. The third-order valence-electron chi connectivity index (χ3n) is 11.5. The van der Waals surface area contributed by atoms with Gasteiger partial charge in [0.15, 0.2) is 0 Å². The van der Waals surface area contributed by atoms with E-state index in [-0.39, 0.29) is 36.7 Å². The van der Waals surface area contributed by atoms with Crippen LogP contribution in [0.2, 0.25) is 0 Å². The number of carbonyl (C=O) groups excluding carboxylic acids is 4. The molecule has 2 heterocycles. The lowest BCUT2D eigenvalue weighted by Gasteiger charge is -2.32. The van der Waals surface area contributed by atoms with Gasteiger partial charge >= 0.3 is 0 Å².